The lowest BCUT2D eigenvalue weighted by Gasteiger charge is -2.11. The summed E-state index contributed by atoms with van der Waals surface area (Å²) < 4.78 is 10.5. The van der Waals surface area contributed by atoms with Crippen molar-refractivity contribution in [2.45, 2.75) is 6.54 Å². The molecule has 7 heteroatoms. The van der Waals surface area contributed by atoms with E-state index in [4.69, 9.17) is 9.47 Å². The second-order valence-corrected chi connectivity index (χ2v) is 5.42. The van der Waals surface area contributed by atoms with Gasteiger partial charge in [0.25, 0.3) is 5.91 Å². The number of amides is 1. The van der Waals surface area contributed by atoms with Gasteiger partial charge < -0.3 is 14.8 Å². The average Bonchev–Trinajstić information content (AvgIpc) is 2.72. The van der Waals surface area contributed by atoms with E-state index in [1.807, 2.05) is 6.07 Å². The molecule has 3 rings (SSSR count). The van der Waals surface area contributed by atoms with Gasteiger partial charge >= 0.3 is 0 Å². The molecule has 1 N–H and O–H groups in total. The Hall–Kier alpha value is -3.48. The monoisotopic (exact) mass is 350 g/mol. The van der Waals surface area contributed by atoms with E-state index in [-0.39, 0.29) is 5.91 Å². The van der Waals surface area contributed by atoms with Crippen LogP contribution in [0, 0.1) is 0 Å². The van der Waals surface area contributed by atoms with Crippen LogP contribution in [0.25, 0.3) is 11.3 Å². The topological polar surface area (TPSA) is 86.2 Å². The predicted octanol–water partition coefficient (Wildman–Crippen LogP) is 2.49. The van der Waals surface area contributed by atoms with Crippen molar-refractivity contribution < 1.29 is 14.3 Å². The highest BCUT2D eigenvalue weighted by molar-refractivity contribution is 5.94. The molecule has 0 atom stereocenters. The van der Waals surface area contributed by atoms with E-state index < -0.39 is 0 Å². The minimum Gasteiger partial charge on any atom is -0.497 e. The number of hydrogen-bond donors (Lipinski definition) is 1. The van der Waals surface area contributed by atoms with Crippen molar-refractivity contribution in [1.29, 1.82) is 0 Å². The highest BCUT2D eigenvalue weighted by Gasteiger charge is 2.10. The molecule has 0 bridgehead atoms. The first kappa shape index (κ1) is 17.3. The lowest BCUT2D eigenvalue weighted by molar-refractivity contribution is 0.0950. The first-order valence-electron chi connectivity index (χ1n) is 7.92. The quantitative estimate of drug-likeness (QED) is 0.735. The molecule has 0 aliphatic rings. The summed E-state index contributed by atoms with van der Waals surface area (Å²) in [6.07, 6.45) is 6.33. The van der Waals surface area contributed by atoms with E-state index >= 15 is 0 Å². The Kier molecular flexibility index (Phi) is 5.38. The molecule has 2 heterocycles. The Bertz CT molecular complexity index is 883. The van der Waals surface area contributed by atoms with Gasteiger partial charge in [-0.15, -0.1) is 0 Å². The van der Waals surface area contributed by atoms with Crippen LogP contribution in [0.5, 0.6) is 11.5 Å². The number of methoxy groups -OCH3 is 2. The summed E-state index contributed by atoms with van der Waals surface area (Å²) in [6, 6.07) is 8.92. The number of aromatic nitrogens is 3. The third-order valence-corrected chi connectivity index (χ3v) is 3.81. The van der Waals surface area contributed by atoms with E-state index in [0.717, 1.165) is 11.1 Å². The highest BCUT2D eigenvalue weighted by atomic mass is 16.5. The Morgan fingerprint density at radius 1 is 1.04 bits per heavy atom. The molecule has 7 nitrogen and oxygen atoms in total. The molecule has 1 aromatic carbocycles. The molecule has 0 saturated carbocycles. The molecular formula is C19H18N4O3. The van der Waals surface area contributed by atoms with Crippen molar-refractivity contribution in [2.24, 2.45) is 0 Å². The van der Waals surface area contributed by atoms with Crippen LogP contribution in [0.1, 0.15) is 15.9 Å². The van der Waals surface area contributed by atoms with Crippen LogP contribution in [0.4, 0.5) is 0 Å². The van der Waals surface area contributed by atoms with Gasteiger partial charge in [0.05, 0.1) is 25.5 Å². The fourth-order valence-electron chi connectivity index (χ4n) is 2.43. The molecule has 3 aromatic rings. The third kappa shape index (κ3) is 3.94. The number of pyridine rings is 1. The summed E-state index contributed by atoms with van der Waals surface area (Å²) in [5.74, 6) is 1.16. The van der Waals surface area contributed by atoms with Crippen molar-refractivity contribution >= 4 is 5.91 Å². The Balaban J connectivity index is 1.69. The summed E-state index contributed by atoms with van der Waals surface area (Å²) in [5.41, 5.74) is 2.79. The van der Waals surface area contributed by atoms with Crippen molar-refractivity contribution in [3.8, 4) is 22.8 Å². The largest absolute Gasteiger partial charge is 0.497 e. The molecule has 0 unspecified atom stereocenters. The molecular weight excluding hydrogens is 332 g/mol. The lowest BCUT2D eigenvalue weighted by atomic mass is 10.1. The van der Waals surface area contributed by atoms with Crippen LogP contribution in [0.15, 0.2) is 55.2 Å². The normalized spacial score (nSPS) is 10.2. The van der Waals surface area contributed by atoms with E-state index in [1.54, 1.807) is 50.9 Å². The minimum absolute atomic E-state index is 0.224. The molecule has 2 aromatic heterocycles. The van der Waals surface area contributed by atoms with Gasteiger partial charge in [0.2, 0.25) is 0 Å². The number of benzene rings is 1. The molecule has 0 saturated heterocycles. The van der Waals surface area contributed by atoms with Crippen molar-refractivity contribution in [1.82, 2.24) is 20.3 Å². The van der Waals surface area contributed by atoms with Crippen LogP contribution in [-0.4, -0.2) is 35.1 Å². The molecule has 0 radical (unpaired) electrons. The number of nitrogens with zero attached hydrogens (tertiary/aromatic N) is 3. The van der Waals surface area contributed by atoms with E-state index in [0.29, 0.717) is 29.3 Å². The van der Waals surface area contributed by atoms with Crippen LogP contribution >= 0.6 is 0 Å². The number of carbonyl (C=O) groups is 1. The predicted molar refractivity (Wildman–Crippen MR) is 96.0 cm³/mol. The Morgan fingerprint density at radius 2 is 1.85 bits per heavy atom. The number of ether oxygens (including phenoxy) is 2. The van der Waals surface area contributed by atoms with Gasteiger partial charge in [-0.05, 0) is 30.3 Å². The summed E-state index contributed by atoms with van der Waals surface area (Å²) in [7, 11) is 3.18. The van der Waals surface area contributed by atoms with Crippen LogP contribution in [0.2, 0.25) is 0 Å². The lowest BCUT2D eigenvalue weighted by Crippen LogP contribution is -2.23. The summed E-state index contributed by atoms with van der Waals surface area (Å²) >= 11 is 0. The number of hydrogen-bond acceptors (Lipinski definition) is 6. The van der Waals surface area contributed by atoms with E-state index in [2.05, 4.69) is 20.3 Å². The smallest absolute Gasteiger partial charge is 0.253 e. The molecule has 0 aliphatic heterocycles. The van der Waals surface area contributed by atoms with Gasteiger partial charge in [0.15, 0.2) is 0 Å². The molecule has 26 heavy (non-hydrogen) atoms. The summed E-state index contributed by atoms with van der Waals surface area (Å²) in [5, 5.41) is 2.86. The Morgan fingerprint density at radius 3 is 2.50 bits per heavy atom. The maximum atomic E-state index is 12.4. The molecule has 0 fully saturated rings. The standard InChI is InChI=1S/C19H18N4O3/c1-25-16-4-6-18(26-2)14(7-16)11-23-19(24)13-3-5-17(22-10-13)15-8-20-12-21-9-15/h3-10,12H,11H2,1-2H3,(H,23,24). The summed E-state index contributed by atoms with van der Waals surface area (Å²) in [4.78, 5) is 24.6. The van der Waals surface area contributed by atoms with Gasteiger partial charge in [-0.2, -0.15) is 0 Å². The fourth-order valence-corrected chi connectivity index (χ4v) is 2.43. The third-order valence-electron chi connectivity index (χ3n) is 3.81. The van der Waals surface area contributed by atoms with Gasteiger partial charge in [-0.1, -0.05) is 0 Å². The van der Waals surface area contributed by atoms with Crippen LogP contribution in [-0.2, 0) is 6.54 Å². The van der Waals surface area contributed by atoms with Crippen molar-refractivity contribution in [3.05, 3.63) is 66.4 Å². The van der Waals surface area contributed by atoms with Gasteiger partial charge in [0, 0.05) is 36.3 Å². The second-order valence-electron chi connectivity index (χ2n) is 5.42. The maximum absolute atomic E-state index is 12.4. The zero-order chi connectivity index (χ0) is 18.4. The fraction of sp³-hybridized carbons (Fsp3) is 0.158. The summed E-state index contributed by atoms with van der Waals surface area (Å²) in [6.45, 7) is 0.313. The zero-order valence-electron chi connectivity index (χ0n) is 14.5. The van der Waals surface area contributed by atoms with Crippen molar-refractivity contribution in [2.75, 3.05) is 14.2 Å². The zero-order valence-corrected chi connectivity index (χ0v) is 14.5. The number of nitrogens with one attached hydrogen (secondary N) is 1. The van der Waals surface area contributed by atoms with Crippen molar-refractivity contribution in [3.63, 3.8) is 0 Å². The first-order chi connectivity index (χ1) is 12.7. The highest BCUT2D eigenvalue weighted by Crippen LogP contribution is 2.23. The molecule has 0 spiro atoms. The molecule has 132 valence electrons. The van der Waals surface area contributed by atoms with Gasteiger partial charge in [-0.25, -0.2) is 9.97 Å². The van der Waals surface area contributed by atoms with Gasteiger partial charge in [0.1, 0.15) is 17.8 Å². The van der Waals surface area contributed by atoms with Gasteiger partial charge in [-0.3, -0.25) is 9.78 Å². The molecule has 1 amide bonds. The minimum atomic E-state index is -0.224. The van der Waals surface area contributed by atoms with E-state index in [1.165, 1.54) is 12.5 Å². The maximum Gasteiger partial charge on any atom is 0.253 e. The average molecular weight is 350 g/mol. The Labute approximate surface area is 151 Å². The first-order valence-corrected chi connectivity index (χ1v) is 7.92. The van der Waals surface area contributed by atoms with E-state index in [9.17, 15) is 4.79 Å². The molecule has 0 aliphatic carbocycles. The van der Waals surface area contributed by atoms with Crippen LogP contribution in [0.3, 0.4) is 0 Å². The SMILES string of the molecule is COc1ccc(OC)c(CNC(=O)c2ccc(-c3cncnc3)nc2)c1. The number of carbonyl (C=O) groups excluding carboxylic acids is 1. The van der Waals surface area contributed by atoms with Crippen LogP contribution < -0.4 is 14.8 Å². The number of rotatable bonds is 6. The second kappa shape index (κ2) is 8.06.